The predicted molar refractivity (Wildman–Crippen MR) is 195 cm³/mol. The number of hydrogen-bond acceptors (Lipinski definition) is 14. The Bertz CT molecular complexity index is 1890. The summed E-state index contributed by atoms with van der Waals surface area (Å²) in [6.45, 7) is 13.8. The van der Waals surface area contributed by atoms with E-state index in [1.165, 1.54) is 23.1 Å². The number of carbonyl (C=O) groups excluding carboxylic acids is 6. The number of phenols is 1. The average molecular weight is 767 g/mol. The number of phenolic OH excluding ortho intramolecular Hbond substituents is 1. The van der Waals surface area contributed by atoms with Crippen LogP contribution in [0.5, 0.6) is 23.0 Å². The summed E-state index contributed by atoms with van der Waals surface area (Å²) in [6, 6.07) is 6.60. The first-order chi connectivity index (χ1) is 25.5. The topological polar surface area (TPSA) is 242 Å². The monoisotopic (exact) mass is 766 g/mol. The summed E-state index contributed by atoms with van der Waals surface area (Å²) in [5.41, 5.74) is -2.78. The number of nitriles is 1. The lowest BCUT2D eigenvalue weighted by Crippen LogP contribution is -2.43. The van der Waals surface area contributed by atoms with Gasteiger partial charge in [0.05, 0.1) is 29.3 Å². The number of ether oxygens (including phenoxy) is 4. The number of aromatic hydroxyl groups is 1. The lowest BCUT2D eigenvalue weighted by molar-refractivity contribution is -0.385. The number of methoxy groups -OCH3 is 1. The third kappa shape index (κ3) is 12.9. The molecule has 0 bridgehead atoms. The normalized spacial score (nSPS) is 12.0. The third-order valence-electron chi connectivity index (χ3n) is 7.67. The minimum absolute atomic E-state index is 0.0463. The average Bonchev–Trinajstić information content (AvgIpc) is 3.10. The molecule has 0 saturated carbocycles. The second kappa shape index (κ2) is 19.1. The van der Waals surface area contributed by atoms with Crippen LogP contribution in [0, 0.1) is 32.3 Å². The molecule has 0 aromatic heterocycles. The lowest BCUT2D eigenvalue weighted by Gasteiger charge is -2.21. The second-order valence-corrected chi connectivity index (χ2v) is 14.2. The number of likely N-dealkylation sites (N-methyl/N-ethyl adjacent to an activating group) is 1. The van der Waals surface area contributed by atoms with E-state index in [2.05, 4.69) is 5.32 Å². The molecule has 0 heterocycles. The number of benzene rings is 2. The van der Waals surface area contributed by atoms with Crippen LogP contribution in [-0.2, 0) is 39.9 Å². The van der Waals surface area contributed by atoms with Crippen LogP contribution in [0.3, 0.4) is 0 Å². The van der Waals surface area contributed by atoms with Gasteiger partial charge in [-0.1, -0.05) is 6.07 Å². The second-order valence-electron chi connectivity index (χ2n) is 14.2. The molecule has 296 valence electrons. The molecule has 2 aromatic carbocycles. The fraction of sp³-hybridized carbons (Fsp3) is 0.447. The molecule has 2 amide bonds. The third-order valence-corrected chi connectivity index (χ3v) is 7.67. The Morgan fingerprint density at radius 2 is 1.49 bits per heavy atom. The van der Waals surface area contributed by atoms with Crippen LogP contribution in [0.4, 0.5) is 5.69 Å². The molecule has 0 radical (unpaired) electrons. The largest absolute Gasteiger partial charge is 0.499 e. The molecule has 0 aliphatic carbocycles. The first-order valence-corrected chi connectivity index (χ1v) is 17.1. The molecule has 2 N–H and O–H groups in total. The van der Waals surface area contributed by atoms with Gasteiger partial charge in [0.2, 0.25) is 11.7 Å². The van der Waals surface area contributed by atoms with E-state index in [0.29, 0.717) is 18.7 Å². The van der Waals surface area contributed by atoms with Gasteiger partial charge in [0.25, 0.3) is 5.91 Å². The molecule has 17 nitrogen and oxygen atoms in total. The Hall–Kier alpha value is -6.31. The SMILES string of the molecule is CCN(CC)C(=O)C(C#N)=Cc1cc(OC(=O)CCC(=O)N[C@@H](Cc2ccc(OC(=O)C(C)(C)C)c(OC(=O)C(C)(C)C)c2)C(=O)OC)c(O)c([N+](=O)[O-])c1. The van der Waals surface area contributed by atoms with Gasteiger partial charge in [0.1, 0.15) is 17.7 Å². The molecular formula is C38H46N4O13. The number of nitro groups is 1. The van der Waals surface area contributed by atoms with Crippen LogP contribution >= 0.6 is 0 Å². The summed E-state index contributed by atoms with van der Waals surface area (Å²) in [7, 11) is 1.10. The number of nitrogens with zero attached hydrogens (tertiary/aromatic N) is 3. The van der Waals surface area contributed by atoms with Crippen molar-refractivity contribution in [3.63, 3.8) is 0 Å². The molecule has 55 heavy (non-hydrogen) atoms. The van der Waals surface area contributed by atoms with Gasteiger partial charge in [0, 0.05) is 32.0 Å². The van der Waals surface area contributed by atoms with Crippen molar-refractivity contribution < 1.29 is 57.7 Å². The number of rotatable bonds is 15. The predicted octanol–water partition coefficient (Wildman–Crippen LogP) is 4.56. The van der Waals surface area contributed by atoms with Crippen LogP contribution in [0.1, 0.15) is 79.4 Å². The van der Waals surface area contributed by atoms with Crippen molar-refractivity contribution in [3.8, 4) is 29.1 Å². The summed E-state index contributed by atoms with van der Waals surface area (Å²) in [4.78, 5) is 88.5. The molecule has 2 rings (SSSR count). The molecule has 0 spiro atoms. The number of amides is 2. The highest BCUT2D eigenvalue weighted by Crippen LogP contribution is 2.38. The summed E-state index contributed by atoms with van der Waals surface area (Å²) < 4.78 is 21.0. The van der Waals surface area contributed by atoms with E-state index in [0.717, 1.165) is 25.3 Å². The summed E-state index contributed by atoms with van der Waals surface area (Å²) in [5, 5.41) is 34.1. The highest BCUT2D eigenvalue weighted by molar-refractivity contribution is 6.02. The van der Waals surface area contributed by atoms with Crippen LogP contribution in [0.25, 0.3) is 6.08 Å². The van der Waals surface area contributed by atoms with E-state index in [4.69, 9.17) is 18.9 Å². The zero-order chi connectivity index (χ0) is 41.8. The minimum Gasteiger partial charge on any atom is -0.499 e. The smallest absolute Gasteiger partial charge is 0.328 e. The van der Waals surface area contributed by atoms with Crippen molar-refractivity contribution in [1.29, 1.82) is 5.26 Å². The number of carbonyl (C=O) groups is 6. The van der Waals surface area contributed by atoms with E-state index >= 15 is 0 Å². The van der Waals surface area contributed by atoms with E-state index < -0.39 is 87.5 Å². The molecular weight excluding hydrogens is 720 g/mol. The van der Waals surface area contributed by atoms with Gasteiger partial charge < -0.3 is 34.3 Å². The fourth-order valence-corrected chi connectivity index (χ4v) is 4.48. The Morgan fingerprint density at radius 1 is 0.909 bits per heavy atom. The van der Waals surface area contributed by atoms with Crippen molar-refractivity contribution in [1.82, 2.24) is 10.2 Å². The van der Waals surface area contributed by atoms with Crippen LogP contribution in [-0.4, -0.2) is 76.9 Å². The van der Waals surface area contributed by atoms with Crippen molar-refractivity contribution in [2.75, 3.05) is 20.2 Å². The molecule has 0 unspecified atom stereocenters. The molecule has 0 fully saturated rings. The summed E-state index contributed by atoms with van der Waals surface area (Å²) in [5.74, 6) is -6.44. The van der Waals surface area contributed by atoms with E-state index in [-0.39, 0.29) is 29.1 Å². The highest BCUT2D eigenvalue weighted by Gasteiger charge is 2.30. The molecule has 1 atom stereocenters. The van der Waals surface area contributed by atoms with Gasteiger partial charge in [-0.2, -0.15) is 5.26 Å². The zero-order valence-corrected chi connectivity index (χ0v) is 32.3. The number of nitrogens with one attached hydrogen (secondary N) is 1. The molecule has 17 heteroatoms. The first kappa shape index (κ1) is 44.8. The van der Waals surface area contributed by atoms with E-state index in [1.54, 1.807) is 61.5 Å². The van der Waals surface area contributed by atoms with Crippen LogP contribution in [0.15, 0.2) is 35.9 Å². The van der Waals surface area contributed by atoms with E-state index in [1.807, 2.05) is 0 Å². The molecule has 0 aliphatic rings. The standard InChI is InChI=1S/C38H46N4O13/c1-10-41(11-2)33(46)24(21-39)16-23-18-26(42(50)51)32(45)29(20-23)53-31(44)15-14-30(43)40-25(34(47)52-9)17-22-12-13-27(54-35(48)37(3,4)5)28(19-22)55-36(49)38(6,7)8/h12-13,16,18-20,25,45H,10-11,14-15,17H2,1-9H3,(H,40,43)/t25-/m0/s1. The maximum Gasteiger partial charge on any atom is 0.328 e. The van der Waals surface area contributed by atoms with Crippen molar-refractivity contribution in [3.05, 3.63) is 57.1 Å². The Balaban J connectivity index is 2.28. The zero-order valence-electron chi connectivity index (χ0n) is 32.3. The van der Waals surface area contributed by atoms with Gasteiger partial charge in [-0.05, 0) is 90.8 Å². The maximum absolute atomic E-state index is 12.9. The van der Waals surface area contributed by atoms with Gasteiger partial charge >= 0.3 is 29.6 Å². The maximum atomic E-state index is 12.9. The van der Waals surface area contributed by atoms with Gasteiger partial charge in [0.15, 0.2) is 17.2 Å². The number of nitro benzene ring substituents is 1. The Kier molecular flexibility index (Phi) is 15.6. The Morgan fingerprint density at radius 3 is 2.00 bits per heavy atom. The first-order valence-electron chi connectivity index (χ1n) is 17.1. The van der Waals surface area contributed by atoms with Crippen LogP contribution < -0.4 is 19.5 Å². The summed E-state index contributed by atoms with van der Waals surface area (Å²) >= 11 is 0. The van der Waals surface area contributed by atoms with Gasteiger partial charge in [-0.25, -0.2) is 4.79 Å². The number of hydrogen-bond donors (Lipinski definition) is 2. The van der Waals surface area contributed by atoms with Crippen LogP contribution in [0.2, 0.25) is 0 Å². The lowest BCUT2D eigenvalue weighted by atomic mass is 9.97. The van der Waals surface area contributed by atoms with E-state index in [9.17, 15) is 49.2 Å². The van der Waals surface area contributed by atoms with Gasteiger partial charge in [-0.3, -0.25) is 34.1 Å². The highest BCUT2D eigenvalue weighted by atomic mass is 16.6. The fourth-order valence-electron chi connectivity index (χ4n) is 4.48. The minimum atomic E-state index is -1.30. The Labute approximate surface area is 318 Å². The van der Waals surface area contributed by atoms with Crippen molar-refractivity contribution >= 4 is 47.5 Å². The summed E-state index contributed by atoms with van der Waals surface area (Å²) in [6.07, 6.45) is -0.288. The quantitative estimate of drug-likeness (QED) is 0.0631. The number of esters is 4. The molecule has 0 aliphatic heterocycles. The van der Waals surface area contributed by atoms with Gasteiger partial charge in [-0.15, -0.1) is 0 Å². The molecule has 0 saturated heterocycles. The molecule has 2 aromatic rings. The van der Waals surface area contributed by atoms with Crippen molar-refractivity contribution in [2.45, 2.75) is 80.7 Å². The van der Waals surface area contributed by atoms with Crippen molar-refractivity contribution in [2.24, 2.45) is 10.8 Å².